The lowest BCUT2D eigenvalue weighted by Crippen LogP contribution is -2.39. The Morgan fingerprint density at radius 1 is 1.15 bits per heavy atom. The van der Waals surface area contributed by atoms with Crippen LogP contribution in [0, 0.1) is 6.92 Å². The van der Waals surface area contributed by atoms with E-state index in [1.807, 2.05) is 18.6 Å². The van der Waals surface area contributed by atoms with Crippen molar-refractivity contribution >= 4 is 49.2 Å². The maximum atomic E-state index is 12.8. The van der Waals surface area contributed by atoms with E-state index in [-0.39, 0.29) is 10.5 Å². The molecule has 0 fully saturated rings. The highest BCUT2D eigenvalue weighted by atomic mass is 32.2. The van der Waals surface area contributed by atoms with Crippen LogP contribution in [0.1, 0.15) is 41.9 Å². The van der Waals surface area contributed by atoms with Crippen LogP contribution < -0.4 is 20.9 Å². The maximum absolute atomic E-state index is 12.8. The Labute approximate surface area is 195 Å². The molecule has 3 amide bonds. The summed E-state index contributed by atoms with van der Waals surface area (Å²) in [6, 6.07) is 4.63. The molecule has 10 nitrogen and oxygen atoms in total. The number of carbonyl (C=O) groups excluding carboxylic acids is 2. The average molecular weight is 492 g/mol. The summed E-state index contributed by atoms with van der Waals surface area (Å²) in [6.45, 7) is 6.34. The van der Waals surface area contributed by atoms with E-state index in [4.69, 9.17) is 0 Å². The lowest BCUT2D eigenvalue weighted by atomic mass is 10.2. The van der Waals surface area contributed by atoms with Crippen molar-refractivity contribution in [1.29, 1.82) is 0 Å². The van der Waals surface area contributed by atoms with Gasteiger partial charge in [0, 0.05) is 18.8 Å². The van der Waals surface area contributed by atoms with Crippen LogP contribution in [0.4, 0.5) is 10.5 Å². The fourth-order valence-corrected chi connectivity index (χ4v) is 5.07. The number of carbonyl (C=O) groups is 2. The molecule has 0 atom stereocenters. The van der Waals surface area contributed by atoms with Gasteiger partial charge < -0.3 is 10.6 Å². The third-order valence-electron chi connectivity index (χ3n) is 4.93. The van der Waals surface area contributed by atoms with Gasteiger partial charge in [-0.25, -0.2) is 22.9 Å². The molecule has 176 valence electrons. The molecule has 3 aromatic rings. The summed E-state index contributed by atoms with van der Waals surface area (Å²) in [4.78, 5) is 42.1. The van der Waals surface area contributed by atoms with Crippen molar-refractivity contribution in [2.24, 2.45) is 0 Å². The van der Waals surface area contributed by atoms with Crippen LogP contribution in [0.15, 0.2) is 40.3 Å². The van der Waals surface area contributed by atoms with Crippen molar-refractivity contribution in [2.75, 3.05) is 11.9 Å². The van der Waals surface area contributed by atoms with Gasteiger partial charge in [0.05, 0.1) is 21.5 Å². The first-order valence-corrected chi connectivity index (χ1v) is 12.7. The highest BCUT2D eigenvalue weighted by molar-refractivity contribution is 7.90. The fourth-order valence-electron chi connectivity index (χ4n) is 3.10. The number of sulfonamides is 1. The van der Waals surface area contributed by atoms with Gasteiger partial charge in [0.2, 0.25) is 0 Å². The molecule has 2 heterocycles. The van der Waals surface area contributed by atoms with Gasteiger partial charge in [-0.1, -0.05) is 13.3 Å². The van der Waals surface area contributed by atoms with Crippen LogP contribution in [0.3, 0.4) is 0 Å². The Hall–Kier alpha value is -3.25. The Morgan fingerprint density at radius 3 is 2.48 bits per heavy atom. The highest BCUT2D eigenvalue weighted by Crippen LogP contribution is 2.27. The van der Waals surface area contributed by atoms with Crippen molar-refractivity contribution in [3.63, 3.8) is 0 Å². The molecule has 1 aromatic carbocycles. The second kappa shape index (κ2) is 10.1. The molecule has 0 aliphatic rings. The van der Waals surface area contributed by atoms with Crippen LogP contribution in [-0.4, -0.2) is 36.5 Å². The molecule has 0 saturated heterocycles. The van der Waals surface area contributed by atoms with Crippen molar-refractivity contribution in [1.82, 2.24) is 19.6 Å². The van der Waals surface area contributed by atoms with Gasteiger partial charge >= 0.3 is 6.03 Å². The number of urea groups is 1. The minimum Gasteiger partial charge on any atom is -0.337 e. The molecule has 3 N–H and O–H groups in total. The molecule has 0 aliphatic carbocycles. The third kappa shape index (κ3) is 5.40. The van der Waals surface area contributed by atoms with Crippen molar-refractivity contribution in [3.05, 3.63) is 51.4 Å². The number of rotatable bonds is 8. The molecule has 0 unspecified atom stereocenters. The van der Waals surface area contributed by atoms with E-state index in [0.29, 0.717) is 39.4 Å². The van der Waals surface area contributed by atoms with E-state index >= 15 is 0 Å². The number of amides is 3. The Balaban J connectivity index is 1.74. The topological polar surface area (TPSA) is 139 Å². The van der Waals surface area contributed by atoms with Crippen molar-refractivity contribution in [3.8, 4) is 0 Å². The van der Waals surface area contributed by atoms with Crippen molar-refractivity contribution in [2.45, 2.75) is 45.1 Å². The van der Waals surface area contributed by atoms with E-state index in [2.05, 4.69) is 15.6 Å². The van der Waals surface area contributed by atoms with E-state index in [9.17, 15) is 22.8 Å². The highest BCUT2D eigenvalue weighted by Gasteiger charge is 2.20. The molecule has 0 bridgehead atoms. The first kappa shape index (κ1) is 24.4. The number of anilines is 1. The summed E-state index contributed by atoms with van der Waals surface area (Å²) in [5.74, 6) is -0.429. The van der Waals surface area contributed by atoms with Crippen LogP contribution in [0.2, 0.25) is 0 Å². The van der Waals surface area contributed by atoms with Gasteiger partial charge in [-0.2, -0.15) is 0 Å². The zero-order valence-corrected chi connectivity index (χ0v) is 20.1. The first-order valence-electron chi connectivity index (χ1n) is 10.4. The maximum Gasteiger partial charge on any atom is 0.328 e. The normalized spacial score (nSPS) is 11.4. The Morgan fingerprint density at radius 2 is 1.85 bits per heavy atom. The number of fused-ring (bicyclic) bond motifs is 1. The van der Waals surface area contributed by atoms with Crippen LogP contribution in [0.25, 0.3) is 10.2 Å². The van der Waals surface area contributed by atoms with Gasteiger partial charge in [-0.05, 0) is 50.1 Å². The molecular weight excluding hydrogens is 466 g/mol. The molecule has 0 spiro atoms. The molecule has 0 radical (unpaired) electrons. The largest absolute Gasteiger partial charge is 0.337 e. The number of aryl methyl sites for hydroxylation is 2. The summed E-state index contributed by atoms with van der Waals surface area (Å²) >= 11 is 1.12. The van der Waals surface area contributed by atoms with Gasteiger partial charge in [0.15, 0.2) is 0 Å². The van der Waals surface area contributed by atoms with E-state index < -0.39 is 22.0 Å². The summed E-state index contributed by atoms with van der Waals surface area (Å²) in [5.41, 5.74) is 0.712. The first-order chi connectivity index (χ1) is 15.7. The van der Waals surface area contributed by atoms with Crippen LogP contribution in [0.5, 0.6) is 0 Å². The fraction of sp³-hybridized carbons (Fsp3) is 0.333. The van der Waals surface area contributed by atoms with E-state index in [1.54, 1.807) is 6.92 Å². The Kier molecular flexibility index (Phi) is 7.49. The van der Waals surface area contributed by atoms with Crippen molar-refractivity contribution < 1.29 is 18.0 Å². The van der Waals surface area contributed by atoms with E-state index in [0.717, 1.165) is 24.2 Å². The number of benzene rings is 1. The predicted octanol–water partition coefficient (Wildman–Crippen LogP) is 2.83. The van der Waals surface area contributed by atoms with Crippen LogP contribution in [-0.2, 0) is 16.6 Å². The summed E-state index contributed by atoms with van der Waals surface area (Å²) < 4.78 is 28.2. The summed E-state index contributed by atoms with van der Waals surface area (Å²) in [5, 5.41) is 5.60. The minimum atomic E-state index is -4.05. The standard InChI is InChI=1S/C21H25N5O5S2/c1-4-6-11-22-21(29)25-33(30,31)15-9-7-14(8-10-15)24-18(27)17-13(3)16-19(32-17)23-12-26(5-2)20(16)28/h7-10,12H,4-6,11H2,1-3H3,(H,24,27)(H2,22,25,29). The predicted molar refractivity (Wildman–Crippen MR) is 127 cm³/mol. The number of nitrogens with one attached hydrogen (secondary N) is 3. The molecule has 0 saturated carbocycles. The monoisotopic (exact) mass is 491 g/mol. The number of nitrogens with zero attached hydrogens (tertiary/aromatic N) is 2. The minimum absolute atomic E-state index is 0.117. The summed E-state index contributed by atoms with van der Waals surface area (Å²) in [6.07, 6.45) is 3.07. The van der Waals surface area contributed by atoms with E-state index in [1.165, 1.54) is 35.2 Å². The lowest BCUT2D eigenvalue weighted by molar-refractivity contribution is 0.103. The Bertz CT molecular complexity index is 1340. The van der Waals surface area contributed by atoms with Crippen LogP contribution >= 0.6 is 11.3 Å². The average Bonchev–Trinajstić information content (AvgIpc) is 3.11. The number of hydrogen-bond donors (Lipinski definition) is 3. The molecule has 33 heavy (non-hydrogen) atoms. The second-order valence-electron chi connectivity index (χ2n) is 7.27. The lowest BCUT2D eigenvalue weighted by Gasteiger charge is -2.09. The molecular formula is C21H25N5O5S2. The number of aromatic nitrogens is 2. The van der Waals surface area contributed by atoms with Gasteiger partial charge in [-0.3, -0.25) is 14.2 Å². The number of unbranched alkanes of at least 4 members (excludes halogenated alkanes) is 1. The zero-order valence-electron chi connectivity index (χ0n) is 18.5. The number of thiophene rings is 1. The SMILES string of the molecule is CCCCNC(=O)NS(=O)(=O)c1ccc(NC(=O)c2sc3ncn(CC)c(=O)c3c2C)cc1. The third-order valence-corrected chi connectivity index (χ3v) is 7.48. The smallest absolute Gasteiger partial charge is 0.328 e. The van der Waals surface area contributed by atoms with Gasteiger partial charge in [0.25, 0.3) is 21.5 Å². The van der Waals surface area contributed by atoms with Gasteiger partial charge in [0.1, 0.15) is 4.83 Å². The second-order valence-corrected chi connectivity index (χ2v) is 9.95. The number of hydrogen-bond acceptors (Lipinski definition) is 7. The quantitative estimate of drug-likeness (QED) is 0.414. The molecule has 2 aromatic heterocycles. The van der Waals surface area contributed by atoms with Gasteiger partial charge in [-0.15, -0.1) is 11.3 Å². The zero-order chi connectivity index (χ0) is 24.2. The summed E-state index contributed by atoms with van der Waals surface area (Å²) in [7, 11) is -4.05. The molecule has 12 heteroatoms. The molecule has 0 aliphatic heterocycles. The molecule has 3 rings (SSSR count).